The van der Waals surface area contributed by atoms with Crippen LogP contribution in [-0.2, 0) is 4.74 Å². The van der Waals surface area contributed by atoms with E-state index in [9.17, 15) is 0 Å². The average molecular weight is 104 g/mol. The highest BCUT2D eigenvalue weighted by atomic mass is 16.5. The molecule has 44 valence electrons. The molecule has 0 aromatic rings. The maximum absolute atomic E-state index is 4.82. The number of nitrogens with one attached hydrogen (secondary N) is 2. The first-order chi connectivity index (χ1) is 3.31. The van der Waals surface area contributed by atoms with Crippen LogP contribution in [0.5, 0.6) is 0 Å². The molecule has 2 N–H and O–H groups in total. The minimum atomic E-state index is 0.0880. The van der Waals surface area contributed by atoms with Crippen molar-refractivity contribution in [2.75, 3.05) is 14.2 Å². The van der Waals surface area contributed by atoms with E-state index in [2.05, 4.69) is 10.9 Å². The van der Waals surface area contributed by atoms with E-state index in [0.29, 0.717) is 0 Å². The van der Waals surface area contributed by atoms with Crippen LogP contribution in [-0.4, -0.2) is 20.4 Å². The molecule has 0 bridgehead atoms. The largest absolute Gasteiger partial charge is 0.366 e. The number of rotatable bonds is 3. The maximum Gasteiger partial charge on any atom is 0.117 e. The standard InChI is InChI=1S/C4H12N2O/c1-4(7-3)6-5-2/h4-6H,1-3H3/t4-/m1/s1. The minimum absolute atomic E-state index is 0.0880. The Hall–Kier alpha value is -0.120. The lowest BCUT2D eigenvalue weighted by Crippen LogP contribution is -2.37. The van der Waals surface area contributed by atoms with Gasteiger partial charge in [0.2, 0.25) is 0 Å². The summed E-state index contributed by atoms with van der Waals surface area (Å²) in [6, 6.07) is 0. The molecule has 0 amide bonds. The van der Waals surface area contributed by atoms with Crippen molar-refractivity contribution in [1.82, 2.24) is 10.9 Å². The zero-order valence-electron chi connectivity index (χ0n) is 4.99. The summed E-state index contributed by atoms with van der Waals surface area (Å²) in [5, 5.41) is 0. The molecule has 0 radical (unpaired) electrons. The summed E-state index contributed by atoms with van der Waals surface area (Å²) >= 11 is 0. The van der Waals surface area contributed by atoms with Gasteiger partial charge in [-0.2, -0.15) is 0 Å². The number of ether oxygens (including phenoxy) is 1. The third-order valence-corrected chi connectivity index (χ3v) is 0.701. The van der Waals surface area contributed by atoms with Crippen molar-refractivity contribution >= 4 is 0 Å². The molecule has 0 aromatic heterocycles. The molecule has 0 unspecified atom stereocenters. The van der Waals surface area contributed by atoms with E-state index in [4.69, 9.17) is 4.74 Å². The van der Waals surface area contributed by atoms with E-state index in [0.717, 1.165) is 0 Å². The van der Waals surface area contributed by atoms with Crippen LogP contribution in [0.2, 0.25) is 0 Å². The van der Waals surface area contributed by atoms with E-state index in [-0.39, 0.29) is 6.23 Å². The highest BCUT2D eigenvalue weighted by molar-refractivity contribution is 4.33. The minimum Gasteiger partial charge on any atom is -0.366 e. The van der Waals surface area contributed by atoms with E-state index in [1.54, 1.807) is 14.2 Å². The Bertz CT molecular complexity index is 40.7. The van der Waals surface area contributed by atoms with Crippen LogP contribution in [0, 0.1) is 0 Å². The summed E-state index contributed by atoms with van der Waals surface area (Å²) in [5.74, 6) is 0. The van der Waals surface area contributed by atoms with Gasteiger partial charge in [-0.1, -0.05) is 0 Å². The van der Waals surface area contributed by atoms with E-state index >= 15 is 0 Å². The number of hydrazine groups is 1. The van der Waals surface area contributed by atoms with Crippen molar-refractivity contribution in [1.29, 1.82) is 0 Å². The molecule has 0 saturated heterocycles. The summed E-state index contributed by atoms with van der Waals surface area (Å²) in [7, 11) is 3.45. The Morgan fingerprint density at radius 1 is 1.57 bits per heavy atom. The second kappa shape index (κ2) is 4.05. The third kappa shape index (κ3) is 3.72. The van der Waals surface area contributed by atoms with Crippen LogP contribution in [0.3, 0.4) is 0 Å². The van der Waals surface area contributed by atoms with Crippen molar-refractivity contribution in [3.05, 3.63) is 0 Å². The lowest BCUT2D eigenvalue weighted by atomic mass is 10.7. The molecule has 0 heterocycles. The monoisotopic (exact) mass is 104 g/mol. The fourth-order valence-corrected chi connectivity index (χ4v) is 0.262. The van der Waals surface area contributed by atoms with Crippen LogP contribution in [0.15, 0.2) is 0 Å². The Balaban J connectivity index is 2.83. The maximum atomic E-state index is 4.82. The summed E-state index contributed by atoms with van der Waals surface area (Å²) in [6.07, 6.45) is 0.0880. The topological polar surface area (TPSA) is 33.3 Å². The van der Waals surface area contributed by atoms with E-state index < -0.39 is 0 Å². The molecule has 0 aliphatic carbocycles. The predicted molar refractivity (Wildman–Crippen MR) is 28.7 cm³/mol. The van der Waals surface area contributed by atoms with Gasteiger partial charge in [0.15, 0.2) is 0 Å². The molecule has 0 spiro atoms. The number of hydrogen-bond acceptors (Lipinski definition) is 3. The van der Waals surface area contributed by atoms with Gasteiger partial charge in [-0.3, -0.25) is 5.43 Å². The van der Waals surface area contributed by atoms with Crippen molar-refractivity contribution in [2.24, 2.45) is 0 Å². The zero-order valence-corrected chi connectivity index (χ0v) is 4.99. The van der Waals surface area contributed by atoms with Gasteiger partial charge in [0, 0.05) is 7.11 Å². The molecule has 3 nitrogen and oxygen atoms in total. The van der Waals surface area contributed by atoms with Gasteiger partial charge in [-0.25, -0.2) is 5.43 Å². The van der Waals surface area contributed by atoms with Gasteiger partial charge in [0.25, 0.3) is 0 Å². The van der Waals surface area contributed by atoms with Crippen LogP contribution in [0.4, 0.5) is 0 Å². The Morgan fingerprint density at radius 3 is 2.29 bits per heavy atom. The van der Waals surface area contributed by atoms with Crippen LogP contribution in [0.1, 0.15) is 6.92 Å². The molecule has 0 fully saturated rings. The molecule has 0 aliphatic rings. The third-order valence-electron chi connectivity index (χ3n) is 0.701. The molecular weight excluding hydrogens is 92.1 g/mol. The lowest BCUT2D eigenvalue weighted by Gasteiger charge is -2.08. The quantitative estimate of drug-likeness (QED) is 0.381. The zero-order chi connectivity index (χ0) is 5.70. The normalized spacial score (nSPS) is 14.1. The Labute approximate surface area is 44.0 Å². The van der Waals surface area contributed by atoms with Gasteiger partial charge in [0.1, 0.15) is 6.23 Å². The fraction of sp³-hybridized carbons (Fsp3) is 1.00. The smallest absolute Gasteiger partial charge is 0.117 e. The molecular formula is C4H12N2O. The lowest BCUT2D eigenvalue weighted by molar-refractivity contribution is 0.0790. The summed E-state index contributed by atoms with van der Waals surface area (Å²) in [6.45, 7) is 1.91. The van der Waals surface area contributed by atoms with Gasteiger partial charge in [-0.15, -0.1) is 0 Å². The van der Waals surface area contributed by atoms with E-state index in [1.165, 1.54) is 0 Å². The van der Waals surface area contributed by atoms with Crippen LogP contribution >= 0.6 is 0 Å². The molecule has 0 aliphatic heterocycles. The predicted octanol–water partition coefficient (Wildman–Crippen LogP) is -0.297. The molecule has 0 aromatic carbocycles. The van der Waals surface area contributed by atoms with Crippen molar-refractivity contribution in [3.8, 4) is 0 Å². The molecule has 3 heteroatoms. The Kier molecular flexibility index (Phi) is 3.98. The summed E-state index contributed by atoms with van der Waals surface area (Å²) < 4.78 is 4.82. The number of methoxy groups -OCH3 is 1. The van der Waals surface area contributed by atoms with Crippen LogP contribution < -0.4 is 10.9 Å². The van der Waals surface area contributed by atoms with Crippen molar-refractivity contribution < 1.29 is 4.74 Å². The fourth-order valence-electron chi connectivity index (χ4n) is 0.262. The second-order valence-electron chi connectivity index (χ2n) is 1.27. The summed E-state index contributed by atoms with van der Waals surface area (Å²) in [5.41, 5.74) is 5.57. The van der Waals surface area contributed by atoms with Gasteiger partial charge in [-0.05, 0) is 14.0 Å². The van der Waals surface area contributed by atoms with Gasteiger partial charge >= 0.3 is 0 Å². The van der Waals surface area contributed by atoms with Gasteiger partial charge in [0.05, 0.1) is 0 Å². The second-order valence-corrected chi connectivity index (χ2v) is 1.27. The van der Waals surface area contributed by atoms with Crippen LogP contribution in [0.25, 0.3) is 0 Å². The van der Waals surface area contributed by atoms with Gasteiger partial charge < -0.3 is 4.74 Å². The highest BCUT2D eigenvalue weighted by Gasteiger charge is 1.89. The first kappa shape index (κ1) is 6.88. The number of hydrogen-bond donors (Lipinski definition) is 2. The Morgan fingerprint density at radius 2 is 2.14 bits per heavy atom. The van der Waals surface area contributed by atoms with E-state index in [1.807, 2.05) is 6.92 Å². The molecule has 1 atom stereocenters. The summed E-state index contributed by atoms with van der Waals surface area (Å²) in [4.78, 5) is 0. The average Bonchev–Trinajstić information content (AvgIpc) is 1.68. The van der Waals surface area contributed by atoms with Crippen molar-refractivity contribution in [2.45, 2.75) is 13.2 Å². The highest BCUT2D eigenvalue weighted by Crippen LogP contribution is 1.73. The first-order valence-corrected chi connectivity index (χ1v) is 2.26. The molecule has 7 heavy (non-hydrogen) atoms. The molecule has 0 saturated carbocycles. The SMILES string of the molecule is CNN[C@@H](C)OC. The van der Waals surface area contributed by atoms with Crippen molar-refractivity contribution in [3.63, 3.8) is 0 Å². The first-order valence-electron chi connectivity index (χ1n) is 2.26. The molecule has 0 rings (SSSR count).